The van der Waals surface area contributed by atoms with Crippen molar-refractivity contribution in [3.63, 3.8) is 0 Å². The van der Waals surface area contributed by atoms with E-state index < -0.39 is 0 Å². The molecule has 0 unspecified atom stereocenters. The third-order valence-corrected chi connectivity index (χ3v) is 5.65. The Bertz CT molecular complexity index is 564. The Labute approximate surface area is 156 Å². The van der Waals surface area contributed by atoms with Crippen LogP contribution in [0.1, 0.15) is 50.5 Å². The fourth-order valence-corrected chi connectivity index (χ4v) is 4.11. The topological polar surface area (TPSA) is 44.4 Å². The summed E-state index contributed by atoms with van der Waals surface area (Å²) in [4.78, 5) is 14.7. The number of amides is 1. The predicted octanol–water partition coefficient (Wildman–Crippen LogP) is 3.22. The Hall–Kier alpha value is -1.62. The predicted molar refractivity (Wildman–Crippen MR) is 105 cm³/mol. The third-order valence-electron chi connectivity index (χ3n) is 5.39. The van der Waals surface area contributed by atoms with E-state index in [0.717, 1.165) is 45.3 Å². The number of carbonyl (C=O) groups excluding carboxylic acids is 1. The molecule has 0 bridgehead atoms. The van der Waals surface area contributed by atoms with Gasteiger partial charge in [0.05, 0.1) is 0 Å². The average molecular weight is 360 g/mol. The molecule has 1 amide bonds. The number of hydrogen-bond acceptors (Lipinski definition) is 2. The van der Waals surface area contributed by atoms with Gasteiger partial charge in [-0.05, 0) is 43.5 Å². The molecule has 1 aromatic carbocycles. The Kier molecular flexibility index (Phi) is 6.68. The van der Waals surface area contributed by atoms with E-state index >= 15 is 0 Å². The number of rotatable bonds is 4. The van der Waals surface area contributed by atoms with E-state index in [-0.39, 0.29) is 5.92 Å². The molecule has 25 heavy (non-hydrogen) atoms. The SMILES string of the molecule is O=C(C1CCCCC1)N1CCC(NC(=S)NCc2ccccc2)CC1. The van der Waals surface area contributed by atoms with Crippen molar-refractivity contribution in [3.8, 4) is 0 Å². The van der Waals surface area contributed by atoms with Gasteiger partial charge in [-0.2, -0.15) is 0 Å². The van der Waals surface area contributed by atoms with E-state index in [4.69, 9.17) is 12.2 Å². The molecule has 3 rings (SSSR count). The van der Waals surface area contributed by atoms with Crippen molar-refractivity contribution in [1.29, 1.82) is 0 Å². The lowest BCUT2D eigenvalue weighted by Crippen LogP contribution is -2.50. The standard InChI is InChI=1S/C20H29N3OS/c24-19(17-9-5-2-6-10-17)23-13-11-18(12-14-23)22-20(25)21-15-16-7-3-1-4-8-16/h1,3-4,7-8,17-18H,2,5-6,9-15H2,(H2,21,22,25). The minimum Gasteiger partial charge on any atom is -0.360 e. The minimum atomic E-state index is 0.284. The van der Waals surface area contributed by atoms with E-state index in [1.54, 1.807) is 0 Å². The second kappa shape index (κ2) is 9.18. The minimum absolute atomic E-state index is 0.284. The number of likely N-dealkylation sites (tertiary alicyclic amines) is 1. The highest BCUT2D eigenvalue weighted by Gasteiger charge is 2.29. The van der Waals surface area contributed by atoms with Gasteiger partial charge < -0.3 is 15.5 Å². The van der Waals surface area contributed by atoms with Gasteiger partial charge in [0.1, 0.15) is 0 Å². The molecule has 1 saturated heterocycles. The molecule has 1 heterocycles. The highest BCUT2D eigenvalue weighted by atomic mass is 32.1. The van der Waals surface area contributed by atoms with Crippen LogP contribution >= 0.6 is 12.2 Å². The van der Waals surface area contributed by atoms with Crippen LogP contribution in [0.3, 0.4) is 0 Å². The molecule has 1 aliphatic carbocycles. The molecule has 1 saturated carbocycles. The monoisotopic (exact) mass is 359 g/mol. The molecule has 2 fully saturated rings. The lowest BCUT2D eigenvalue weighted by Gasteiger charge is -2.35. The fraction of sp³-hybridized carbons (Fsp3) is 0.600. The van der Waals surface area contributed by atoms with Crippen LogP contribution in [0.4, 0.5) is 0 Å². The lowest BCUT2D eigenvalue weighted by atomic mass is 9.87. The first kappa shape index (κ1) is 18.2. The highest BCUT2D eigenvalue weighted by Crippen LogP contribution is 2.26. The summed E-state index contributed by atoms with van der Waals surface area (Å²) in [5, 5.41) is 7.39. The summed E-state index contributed by atoms with van der Waals surface area (Å²) in [6, 6.07) is 10.6. The van der Waals surface area contributed by atoms with Crippen molar-refractivity contribution in [1.82, 2.24) is 15.5 Å². The van der Waals surface area contributed by atoms with Gasteiger partial charge in [-0.3, -0.25) is 4.79 Å². The van der Waals surface area contributed by atoms with Gasteiger partial charge in [-0.25, -0.2) is 0 Å². The van der Waals surface area contributed by atoms with E-state index in [2.05, 4.69) is 27.7 Å². The molecule has 2 aliphatic rings. The molecule has 0 spiro atoms. The van der Waals surface area contributed by atoms with Gasteiger partial charge in [-0.1, -0.05) is 49.6 Å². The molecule has 1 aromatic rings. The van der Waals surface area contributed by atoms with Crippen molar-refractivity contribution in [2.75, 3.05) is 13.1 Å². The highest BCUT2D eigenvalue weighted by molar-refractivity contribution is 7.80. The molecule has 2 N–H and O–H groups in total. The summed E-state index contributed by atoms with van der Waals surface area (Å²) in [5.74, 6) is 0.676. The van der Waals surface area contributed by atoms with Crippen molar-refractivity contribution >= 4 is 23.2 Å². The van der Waals surface area contributed by atoms with Gasteiger partial charge in [-0.15, -0.1) is 0 Å². The van der Waals surface area contributed by atoms with Crippen molar-refractivity contribution in [2.45, 2.75) is 57.5 Å². The summed E-state index contributed by atoms with van der Waals surface area (Å²) in [5.41, 5.74) is 1.22. The Morgan fingerprint density at radius 1 is 1.04 bits per heavy atom. The maximum atomic E-state index is 12.6. The smallest absolute Gasteiger partial charge is 0.225 e. The Morgan fingerprint density at radius 3 is 2.40 bits per heavy atom. The van der Waals surface area contributed by atoms with Crippen LogP contribution < -0.4 is 10.6 Å². The van der Waals surface area contributed by atoms with E-state index in [0.29, 0.717) is 17.1 Å². The van der Waals surface area contributed by atoms with Gasteiger partial charge in [0.15, 0.2) is 5.11 Å². The second-order valence-corrected chi connectivity index (χ2v) is 7.66. The summed E-state index contributed by atoms with van der Waals surface area (Å²) in [6.07, 6.45) is 7.86. The van der Waals surface area contributed by atoms with Gasteiger partial charge in [0.2, 0.25) is 5.91 Å². The van der Waals surface area contributed by atoms with Crippen LogP contribution in [0.25, 0.3) is 0 Å². The maximum absolute atomic E-state index is 12.6. The molecular formula is C20H29N3OS. The van der Waals surface area contributed by atoms with E-state index in [1.807, 2.05) is 18.2 Å². The van der Waals surface area contributed by atoms with Crippen molar-refractivity contribution in [2.24, 2.45) is 5.92 Å². The zero-order chi connectivity index (χ0) is 17.5. The van der Waals surface area contributed by atoms with Crippen LogP contribution in [-0.4, -0.2) is 35.1 Å². The van der Waals surface area contributed by atoms with E-state index in [1.165, 1.54) is 24.8 Å². The summed E-state index contributed by atoms with van der Waals surface area (Å²) in [7, 11) is 0. The normalized spacial score (nSPS) is 19.4. The quantitative estimate of drug-likeness (QED) is 0.810. The van der Waals surface area contributed by atoms with Crippen LogP contribution in [0.15, 0.2) is 30.3 Å². The number of benzene rings is 1. The fourth-order valence-electron chi connectivity index (χ4n) is 3.87. The van der Waals surface area contributed by atoms with Crippen LogP contribution in [-0.2, 0) is 11.3 Å². The first-order valence-corrected chi connectivity index (χ1v) is 10.0. The van der Waals surface area contributed by atoms with Crippen molar-refractivity contribution < 1.29 is 4.79 Å². The third kappa shape index (κ3) is 5.43. The molecular weight excluding hydrogens is 330 g/mol. The van der Waals surface area contributed by atoms with E-state index in [9.17, 15) is 4.79 Å². The summed E-state index contributed by atoms with van der Waals surface area (Å²) in [6.45, 7) is 2.45. The molecule has 5 heteroatoms. The molecule has 0 aromatic heterocycles. The zero-order valence-electron chi connectivity index (χ0n) is 14.9. The molecule has 0 radical (unpaired) electrons. The van der Waals surface area contributed by atoms with Crippen molar-refractivity contribution in [3.05, 3.63) is 35.9 Å². The van der Waals surface area contributed by atoms with Gasteiger partial charge in [0, 0.05) is 31.6 Å². The van der Waals surface area contributed by atoms with Crippen LogP contribution in [0.5, 0.6) is 0 Å². The van der Waals surface area contributed by atoms with Crippen LogP contribution in [0, 0.1) is 5.92 Å². The first-order valence-electron chi connectivity index (χ1n) is 9.59. The number of piperidine rings is 1. The molecule has 4 nitrogen and oxygen atoms in total. The molecule has 136 valence electrons. The summed E-state index contributed by atoms with van der Waals surface area (Å²) >= 11 is 5.41. The average Bonchev–Trinajstić information content (AvgIpc) is 2.68. The molecule has 0 atom stereocenters. The van der Waals surface area contributed by atoms with Crippen LogP contribution in [0.2, 0.25) is 0 Å². The number of thiocarbonyl (C=S) groups is 1. The summed E-state index contributed by atoms with van der Waals surface area (Å²) < 4.78 is 0. The zero-order valence-corrected chi connectivity index (χ0v) is 15.7. The second-order valence-electron chi connectivity index (χ2n) is 7.25. The first-order chi connectivity index (χ1) is 12.2. The lowest BCUT2D eigenvalue weighted by molar-refractivity contribution is -0.137. The Morgan fingerprint density at radius 2 is 1.72 bits per heavy atom. The number of hydrogen-bond donors (Lipinski definition) is 2. The largest absolute Gasteiger partial charge is 0.360 e. The molecule has 1 aliphatic heterocycles. The maximum Gasteiger partial charge on any atom is 0.225 e. The number of nitrogens with one attached hydrogen (secondary N) is 2. The Balaban J connectivity index is 1.37. The van der Waals surface area contributed by atoms with Gasteiger partial charge >= 0.3 is 0 Å². The van der Waals surface area contributed by atoms with Gasteiger partial charge in [0.25, 0.3) is 0 Å². The number of carbonyl (C=O) groups is 1. The number of nitrogens with zero attached hydrogens (tertiary/aromatic N) is 1.